The van der Waals surface area contributed by atoms with Crippen LogP contribution < -0.4 is 10.6 Å². The van der Waals surface area contributed by atoms with Crippen LogP contribution in [0.4, 0.5) is 0 Å². The molecule has 0 radical (unpaired) electrons. The van der Waals surface area contributed by atoms with E-state index in [1.165, 1.54) is 12.2 Å². The molecule has 5 aliphatic rings. The minimum Gasteiger partial charge on any atom is -0.155 e. The van der Waals surface area contributed by atoms with Gasteiger partial charge in [-0.25, -0.2) is 0 Å². The Kier molecular flexibility index (Phi) is 4.62. The quantitative estimate of drug-likeness (QED) is 0.514. The summed E-state index contributed by atoms with van der Waals surface area (Å²) in [5.41, 5.74) is 0.904. The van der Waals surface area contributed by atoms with Gasteiger partial charge in [-0.1, -0.05) is 60.7 Å². The Hall–Kier alpha value is -0.780. The summed E-state index contributed by atoms with van der Waals surface area (Å²) in [6.07, 6.45) is 10.8. The van der Waals surface area contributed by atoms with Crippen molar-refractivity contribution in [2.24, 2.45) is 23.7 Å². The lowest BCUT2D eigenvalue weighted by Crippen LogP contribution is -2.48. The molecule has 0 N–H and O–H groups in total. The minimum absolute atomic E-state index is 0.196. The third-order valence-corrected chi connectivity index (χ3v) is 12.6. The highest BCUT2D eigenvalue weighted by Gasteiger charge is 2.52. The third-order valence-electron chi connectivity index (χ3n) is 7.87. The fourth-order valence-corrected chi connectivity index (χ4v) is 12.1. The van der Waals surface area contributed by atoms with Crippen LogP contribution in [-0.4, -0.2) is 16.2 Å². The van der Waals surface area contributed by atoms with E-state index in [2.05, 4.69) is 72.4 Å². The summed E-state index contributed by atoms with van der Waals surface area (Å²) in [6.45, 7) is 0. The highest BCUT2D eigenvalue weighted by atomic mass is 32.2. The summed E-state index contributed by atoms with van der Waals surface area (Å²) >= 11 is 2.43. The number of thioether (sulfide) groups is 1. The van der Waals surface area contributed by atoms with Gasteiger partial charge in [-0.05, 0) is 98.6 Å². The lowest BCUT2D eigenvalue weighted by molar-refractivity contribution is 0.0383. The number of hydrogen-bond acceptors (Lipinski definition) is 1. The summed E-state index contributed by atoms with van der Waals surface area (Å²) < 4.78 is 0.685. The Balaban J connectivity index is 1.17. The maximum atomic E-state index is 2.43. The van der Waals surface area contributed by atoms with Gasteiger partial charge in [-0.3, -0.25) is 0 Å². The van der Waals surface area contributed by atoms with E-state index in [1.54, 1.807) is 49.1 Å². The fourth-order valence-electron chi connectivity index (χ4n) is 6.93. The predicted octanol–water partition coefficient (Wildman–Crippen LogP) is 6.21. The third kappa shape index (κ3) is 3.37. The lowest BCUT2D eigenvalue weighted by atomic mass is 9.56. The Bertz CT molecular complexity index is 742. The molecule has 5 saturated carbocycles. The Morgan fingerprint density at radius 3 is 1.71 bits per heavy atom. The average molecular weight is 407 g/mol. The van der Waals surface area contributed by atoms with Gasteiger partial charge in [0.1, 0.15) is 0 Å². The van der Waals surface area contributed by atoms with Gasteiger partial charge in [-0.15, -0.1) is 0 Å². The second kappa shape index (κ2) is 7.17. The summed E-state index contributed by atoms with van der Waals surface area (Å²) in [5, 5.41) is 3.16. The smallest absolute Gasteiger partial charge is 0.0168 e. The molecule has 0 amide bonds. The topological polar surface area (TPSA) is 0 Å². The molecule has 0 nitrogen and oxygen atoms in total. The van der Waals surface area contributed by atoms with Gasteiger partial charge in [-0.2, -0.15) is 11.8 Å². The SMILES string of the molecule is c1ccc(P(c2ccccc2)[C@@H]2C[C@@H]2CSC23CC4CC(CC(C4)C2)C3)cc1. The molecule has 4 bridgehead atoms. The van der Waals surface area contributed by atoms with Gasteiger partial charge < -0.3 is 0 Å². The van der Waals surface area contributed by atoms with Crippen LogP contribution >= 0.6 is 19.7 Å². The maximum absolute atomic E-state index is 2.43. The minimum atomic E-state index is -0.196. The summed E-state index contributed by atoms with van der Waals surface area (Å²) in [5.74, 6) is 5.62. The molecular weight excluding hydrogens is 375 g/mol. The van der Waals surface area contributed by atoms with E-state index < -0.39 is 0 Å². The molecule has 0 saturated heterocycles. The van der Waals surface area contributed by atoms with Crippen molar-refractivity contribution >= 4 is 30.3 Å². The van der Waals surface area contributed by atoms with Crippen molar-refractivity contribution in [3.05, 3.63) is 60.7 Å². The zero-order chi connectivity index (χ0) is 18.6. The first kappa shape index (κ1) is 18.0. The zero-order valence-electron chi connectivity index (χ0n) is 16.7. The van der Waals surface area contributed by atoms with Crippen molar-refractivity contribution in [1.29, 1.82) is 0 Å². The number of rotatable bonds is 6. The van der Waals surface area contributed by atoms with Gasteiger partial charge in [0.2, 0.25) is 0 Å². The molecule has 0 spiro atoms. The fraction of sp³-hybridized carbons (Fsp3) is 0.538. The van der Waals surface area contributed by atoms with E-state index in [0.29, 0.717) is 4.75 Å². The van der Waals surface area contributed by atoms with Crippen LogP contribution in [0.5, 0.6) is 0 Å². The molecule has 5 aliphatic carbocycles. The van der Waals surface area contributed by atoms with Crippen LogP contribution in [0.3, 0.4) is 0 Å². The summed E-state index contributed by atoms with van der Waals surface area (Å²) in [6, 6.07) is 22.8. The molecule has 2 aromatic carbocycles. The number of benzene rings is 2. The molecule has 5 fully saturated rings. The second-order valence-electron chi connectivity index (χ2n) is 10.0. The van der Waals surface area contributed by atoms with E-state index in [4.69, 9.17) is 0 Å². The van der Waals surface area contributed by atoms with Crippen LogP contribution in [-0.2, 0) is 0 Å². The monoisotopic (exact) mass is 406 g/mol. The Morgan fingerprint density at radius 1 is 0.714 bits per heavy atom. The van der Waals surface area contributed by atoms with Crippen molar-refractivity contribution in [1.82, 2.24) is 0 Å². The van der Waals surface area contributed by atoms with Crippen molar-refractivity contribution in [3.63, 3.8) is 0 Å². The standard InChI is InChI=1S/C26H31PS/c1-3-7-23(8-4-1)27(24-9-5-2-6-10-24)25-14-22(25)18-28-26-15-19-11-20(16-26)13-21(12-19)17-26/h1-10,19-22,25H,11-18H2/t19?,20?,21?,22-,25-,26?/m1/s1. The van der Waals surface area contributed by atoms with Gasteiger partial charge in [0.15, 0.2) is 0 Å². The van der Waals surface area contributed by atoms with Crippen LogP contribution in [0.15, 0.2) is 60.7 Å². The Labute approximate surface area is 175 Å². The van der Waals surface area contributed by atoms with Gasteiger partial charge in [0.25, 0.3) is 0 Å². The largest absolute Gasteiger partial charge is 0.155 e. The molecule has 146 valence electrons. The second-order valence-corrected chi connectivity index (χ2v) is 13.9. The molecule has 28 heavy (non-hydrogen) atoms. The summed E-state index contributed by atoms with van der Waals surface area (Å²) in [4.78, 5) is 0. The van der Waals surface area contributed by atoms with Gasteiger partial charge in [0, 0.05) is 4.75 Å². The zero-order valence-corrected chi connectivity index (χ0v) is 18.4. The van der Waals surface area contributed by atoms with Crippen molar-refractivity contribution in [3.8, 4) is 0 Å². The average Bonchev–Trinajstić information content (AvgIpc) is 3.47. The van der Waals surface area contributed by atoms with E-state index in [-0.39, 0.29) is 7.92 Å². The first-order valence-corrected chi connectivity index (χ1v) is 13.7. The van der Waals surface area contributed by atoms with Crippen LogP contribution in [0.2, 0.25) is 0 Å². The maximum Gasteiger partial charge on any atom is 0.0168 e. The van der Waals surface area contributed by atoms with Gasteiger partial charge >= 0.3 is 0 Å². The molecule has 0 unspecified atom stereocenters. The Morgan fingerprint density at radius 2 is 1.21 bits per heavy atom. The first-order valence-electron chi connectivity index (χ1n) is 11.3. The van der Waals surface area contributed by atoms with Crippen LogP contribution in [0, 0.1) is 23.7 Å². The van der Waals surface area contributed by atoms with E-state index >= 15 is 0 Å². The lowest BCUT2D eigenvalue weighted by Gasteiger charge is -2.56. The van der Waals surface area contributed by atoms with E-state index in [1.807, 2.05) is 0 Å². The van der Waals surface area contributed by atoms with Crippen molar-refractivity contribution in [2.45, 2.75) is 55.4 Å². The summed E-state index contributed by atoms with van der Waals surface area (Å²) in [7, 11) is -0.196. The molecule has 0 aromatic heterocycles. The molecular formula is C26H31PS. The van der Waals surface area contributed by atoms with Gasteiger partial charge in [0.05, 0.1) is 0 Å². The highest BCUT2D eigenvalue weighted by molar-refractivity contribution is 8.00. The van der Waals surface area contributed by atoms with E-state index in [9.17, 15) is 0 Å². The molecule has 2 heteroatoms. The molecule has 2 atom stereocenters. The van der Waals surface area contributed by atoms with Crippen molar-refractivity contribution in [2.75, 3.05) is 5.75 Å². The van der Waals surface area contributed by atoms with Crippen LogP contribution in [0.25, 0.3) is 0 Å². The highest BCUT2D eigenvalue weighted by Crippen LogP contribution is 2.63. The predicted molar refractivity (Wildman–Crippen MR) is 124 cm³/mol. The molecule has 7 rings (SSSR count). The molecule has 2 aromatic rings. The molecule has 0 aliphatic heterocycles. The number of hydrogen-bond donors (Lipinski definition) is 0. The normalized spacial score (nSPS) is 38.1. The molecule has 0 heterocycles. The van der Waals surface area contributed by atoms with Crippen molar-refractivity contribution < 1.29 is 0 Å². The van der Waals surface area contributed by atoms with Crippen LogP contribution in [0.1, 0.15) is 44.9 Å². The first-order chi connectivity index (χ1) is 13.8. The van der Waals surface area contributed by atoms with E-state index in [0.717, 1.165) is 29.3 Å².